The van der Waals surface area contributed by atoms with E-state index in [0.29, 0.717) is 12.5 Å². The number of ether oxygens (including phenoxy) is 3. The van der Waals surface area contributed by atoms with Crippen LogP contribution in [0.3, 0.4) is 0 Å². The van der Waals surface area contributed by atoms with Crippen LogP contribution in [0.1, 0.15) is 12.8 Å². The van der Waals surface area contributed by atoms with Gasteiger partial charge in [0.1, 0.15) is 11.5 Å². The molecular weight excluding hydrogens is 306 g/mol. The summed E-state index contributed by atoms with van der Waals surface area (Å²) in [5, 5.41) is 3.38. The fourth-order valence-corrected chi connectivity index (χ4v) is 2.72. The number of nitrogens with one attached hydrogen (secondary N) is 1. The van der Waals surface area contributed by atoms with Gasteiger partial charge in [-0.05, 0) is 37.1 Å². The van der Waals surface area contributed by atoms with Gasteiger partial charge in [-0.2, -0.15) is 0 Å². The minimum atomic E-state index is 0.604. The molecule has 1 unspecified atom stereocenters. The second-order valence-electron chi connectivity index (χ2n) is 5.96. The molecule has 1 saturated heterocycles. The number of benzene rings is 1. The minimum absolute atomic E-state index is 0.604. The normalized spacial score (nSPS) is 17.6. The molecule has 6 nitrogen and oxygen atoms in total. The van der Waals surface area contributed by atoms with Crippen molar-refractivity contribution in [1.29, 1.82) is 0 Å². The fraction of sp³-hybridized carbons (Fsp3) is 0.611. The largest absolute Gasteiger partial charge is 0.497 e. The maximum atomic E-state index is 5.72. The van der Waals surface area contributed by atoms with E-state index in [2.05, 4.69) is 22.3 Å². The Labute approximate surface area is 144 Å². The molecule has 0 aromatic heterocycles. The summed E-state index contributed by atoms with van der Waals surface area (Å²) in [4.78, 5) is 6.51. The van der Waals surface area contributed by atoms with E-state index in [1.807, 2.05) is 31.3 Å². The summed E-state index contributed by atoms with van der Waals surface area (Å²) in [6.45, 7) is 4.21. The van der Waals surface area contributed by atoms with E-state index in [1.165, 1.54) is 0 Å². The highest BCUT2D eigenvalue weighted by molar-refractivity contribution is 5.79. The van der Waals surface area contributed by atoms with Crippen molar-refractivity contribution < 1.29 is 14.2 Å². The molecule has 134 valence electrons. The zero-order valence-electron chi connectivity index (χ0n) is 15.0. The van der Waals surface area contributed by atoms with E-state index in [-0.39, 0.29) is 0 Å². The van der Waals surface area contributed by atoms with Crippen LogP contribution in [0.5, 0.6) is 11.5 Å². The molecule has 6 heteroatoms. The lowest BCUT2D eigenvalue weighted by atomic mass is 10.1. The predicted molar refractivity (Wildman–Crippen MR) is 96.0 cm³/mol. The van der Waals surface area contributed by atoms with Gasteiger partial charge in [0, 0.05) is 39.7 Å². The van der Waals surface area contributed by atoms with Gasteiger partial charge in [-0.3, -0.25) is 4.99 Å². The smallest absolute Gasteiger partial charge is 0.193 e. The van der Waals surface area contributed by atoms with Crippen molar-refractivity contribution in [2.75, 3.05) is 54.1 Å². The van der Waals surface area contributed by atoms with Gasteiger partial charge in [0.15, 0.2) is 5.96 Å². The molecule has 1 heterocycles. The molecular formula is C18H29N3O3. The van der Waals surface area contributed by atoms with Crippen molar-refractivity contribution >= 4 is 5.96 Å². The lowest BCUT2D eigenvalue weighted by Crippen LogP contribution is -2.42. The number of rotatable bonds is 8. The summed E-state index contributed by atoms with van der Waals surface area (Å²) in [5.74, 6) is 3.22. The topological polar surface area (TPSA) is 55.3 Å². The Kier molecular flexibility index (Phi) is 7.68. The second kappa shape index (κ2) is 10.0. The van der Waals surface area contributed by atoms with Crippen molar-refractivity contribution in [3.05, 3.63) is 24.3 Å². The molecule has 0 amide bonds. The Morgan fingerprint density at radius 3 is 2.71 bits per heavy atom. The molecule has 1 aromatic carbocycles. The van der Waals surface area contributed by atoms with Crippen LogP contribution < -0.4 is 14.8 Å². The number of nitrogens with zero attached hydrogens (tertiary/aromatic N) is 2. The predicted octanol–water partition coefficient (Wildman–Crippen LogP) is 2.01. The van der Waals surface area contributed by atoms with E-state index in [0.717, 1.165) is 56.6 Å². The zero-order valence-corrected chi connectivity index (χ0v) is 15.0. The van der Waals surface area contributed by atoms with E-state index in [4.69, 9.17) is 14.2 Å². The number of hydrogen-bond acceptors (Lipinski definition) is 4. The zero-order chi connectivity index (χ0) is 17.2. The van der Waals surface area contributed by atoms with Crippen molar-refractivity contribution in [2.45, 2.75) is 12.8 Å². The van der Waals surface area contributed by atoms with Crippen LogP contribution in [0.15, 0.2) is 29.3 Å². The van der Waals surface area contributed by atoms with Crippen molar-refractivity contribution in [2.24, 2.45) is 10.9 Å². The standard InChI is InChI=1S/C18H29N3O3/c1-19-18(21(2)13-15-9-12-23-14-15)20-10-4-11-24-17-7-5-16(22-3)6-8-17/h5-8,15H,4,9-14H2,1-3H3,(H,19,20). The molecule has 1 atom stereocenters. The van der Waals surface area contributed by atoms with Gasteiger partial charge in [-0.15, -0.1) is 0 Å². The van der Waals surface area contributed by atoms with Crippen LogP contribution in [0.2, 0.25) is 0 Å². The van der Waals surface area contributed by atoms with E-state index in [9.17, 15) is 0 Å². The molecule has 0 radical (unpaired) electrons. The first-order valence-corrected chi connectivity index (χ1v) is 8.49. The quantitative estimate of drug-likeness (QED) is 0.447. The molecule has 1 aliphatic heterocycles. The van der Waals surface area contributed by atoms with Crippen molar-refractivity contribution in [3.63, 3.8) is 0 Å². The van der Waals surface area contributed by atoms with Crippen molar-refractivity contribution in [1.82, 2.24) is 10.2 Å². The first-order chi connectivity index (χ1) is 11.7. The van der Waals surface area contributed by atoms with Gasteiger partial charge in [-0.1, -0.05) is 0 Å². The molecule has 1 N–H and O–H groups in total. The average molecular weight is 335 g/mol. The first kappa shape index (κ1) is 18.4. The summed E-state index contributed by atoms with van der Waals surface area (Å²) in [6, 6.07) is 7.64. The fourth-order valence-electron chi connectivity index (χ4n) is 2.72. The lowest BCUT2D eigenvalue weighted by Gasteiger charge is -2.24. The number of guanidine groups is 1. The molecule has 2 rings (SSSR count). The Bertz CT molecular complexity index is 499. The maximum Gasteiger partial charge on any atom is 0.193 e. The third-order valence-electron chi connectivity index (χ3n) is 4.06. The first-order valence-electron chi connectivity index (χ1n) is 8.49. The molecule has 0 bridgehead atoms. The van der Waals surface area contributed by atoms with Crippen LogP contribution in [0.4, 0.5) is 0 Å². The van der Waals surface area contributed by atoms with Gasteiger partial charge in [0.25, 0.3) is 0 Å². The van der Waals surface area contributed by atoms with Crippen LogP contribution >= 0.6 is 0 Å². The molecule has 1 aromatic rings. The third kappa shape index (κ3) is 5.92. The maximum absolute atomic E-state index is 5.72. The Balaban J connectivity index is 1.62. The number of hydrogen-bond donors (Lipinski definition) is 1. The minimum Gasteiger partial charge on any atom is -0.497 e. The van der Waals surface area contributed by atoms with E-state index < -0.39 is 0 Å². The Morgan fingerprint density at radius 1 is 1.33 bits per heavy atom. The Hall–Kier alpha value is -1.95. The summed E-state index contributed by atoms with van der Waals surface area (Å²) < 4.78 is 16.3. The van der Waals surface area contributed by atoms with Crippen LogP contribution in [-0.4, -0.2) is 65.0 Å². The highest BCUT2D eigenvalue weighted by Gasteiger charge is 2.18. The summed E-state index contributed by atoms with van der Waals surface area (Å²) >= 11 is 0. The summed E-state index contributed by atoms with van der Waals surface area (Å²) in [5.41, 5.74) is 0. The Morgan fingerprint density at radius 2 is 2.08 bits per heavy atom. The number of methoxy groups -OCH3 is 1. The monoisotopic (exact) mass is 335 g/mol. The summed E-state index contributed by atoms with van der Waals surface area (Å²) in [6.07, 6.45) is 2.04. The molecule has 24 heavy (non-hydrogen) atoms. The van der Waals surface area contributed by atoms with Crippen LogP contribution in [-0.2, 0) is 4.74 Å². The highest BCUT2D eigenvalue weighted by atomic mass is 16.5. The third-order valence-corrected chi connectivity index (χ3v) is 4.06. The van der Waals surface area contributed by atoms with E-state index >= 15 is 0 Å². The average Bonchev–Trinajstić information content (AvgIpc) is 3.11. The van der Waals surface area contributed by atoms with Gasteiger partial charge >= 0.3 is 0 Å². The highest BCUT2D eigenvalue weighted by Crippen LogP contribution is 2.17. The molecule has 1 aliphatic rings. The summed E-state index contributed by atoms with van der Waals surface area (Å²) in [7, 11) is 5.55. The van der Waals surface area contributed by atoms with Gasteiger partial charge in [0.05, 0.1) is 20.3 Å². The number of aliphatic imine (C=N–C) groups is 1. The van der Waals surface area contributed by atoms with Crippen LogP contribution in [0, 0.1) is 5.92 Å². The lowest BCUT2D eigenvalue weighted by molar-refractivity contribution is 0.181. The van der Waals surface area contributed by atoms with Crippen LogP contribution in [0.25, 0.3) is 0 Å². The molecule has 1 fully saturated rings. The van der Waals surface area contributed by atoms with E-state index in [1.54, 1.807) is 7.11 Å². The van der Waals surface area contributed by atoms with Gasteiger partial charge in [-0.25, -0.2) is 0 Å². The van der Waals surface area contributed by atoms with Crippen molar-refractivity contribution in [3.8, 4) is 11.5 Å². The SMILES string of the molecule is CN=C(NCCCOc1ccc(OC)cc1)N(C)CC1CCOC1. The van der Waals surface area contributed by atoms with Gasteiger partial charge < -0.3 is 24.4 Å². The molecule has 0 saturated carbocycles. The molecule has 0 spiro atoms. The molecule has 0 aliphatic carbocycles. The second-order valence-corrected chi connectivity index (χ2v) is 5.96. The van der Waals surface area contributed by atoms with Gasteiger partial charge in [0.2, 0.25) is 0 Å².